The summed E-state index contributed by atoms with van der Waals surface area (Å²) in [6.45, 7) is 12.7. The first-order valence-corrected chi connectivity index (χ1v) is 11.2. The van der Waals surface area contributed by atoms with Crippen LogP contribution in [0.2, 0.25) is 0 Å². The van der Waals surface area contributed by atoms with Gasteiger partial charge in [-0.3, -0.25) is 9.59 Å². The van der Waals surface area contributed by atoms with Crippen molar-refractivity contribution in [2.24, 2.45) is 0 Å². The summed E-state index contributed by atoms with van der Waals surface area (Å²) in [6, 6.07) is 15.3. The Morgan fingerprint density at radius 1 is 0.562 bits per heavy atom. The molecule has 6 heteroatoms. The fourth-order valence-electron chi connectivity index (χ4n) is 3.26. The van der Waals surface area contributed by atoms with E-state index >= 15 is 0 Å². The first kappa shape index (κ1) is 24.1. The Morgan fingerprint density at radius 3 is 1.09 bits per heavy atom. The molecule has 3 rings (SSSR count). The van der Waals surface area contributed by atoms with Gasteiger partial charge >= 0.3 is 0 Å². The van der Waals surface area contributed by atoms with Gasteiger partial charge < -0.3 is 10.6 Å². The lowest BCUT2D eigenvalue weighted by Crippen LogP contribution is -2.27. The van der Waals surface area contributed by atoms with Gasteiger partial charge in [-0.15, -0.1) is 0 Å². The maximum atomic E-state index is 12.9. The van der Waals surface area contributed by atoms with Crippen molar-refractivity contribution >= 4 is 46.1 Å². The molecule has 0 amide bonds. The minimum atomic E-state index is -0.537. The van der Waals surface area contributed by atoms with Crippen LogP contribution in [0.4, 0.5) is 11.4 Å². The van der Waals surface area contributed by atoms with Crippen LogP contribution in [-0.2, 0) is 20.4 Å². The summed E-state index contributed by atoms with van der Waals surface area (Å²) >= 11 is 12.6. The van der Waals surface area contributed by atoms with Gasteiger partial charge in [-0.05, 0) is 46.2 Å². The molecule has 0 aromatic heterocycles. The van der Waals surface area contributed by atoms with E-state index in [2.05, 4.69) is 52.2 Å². The van der Waals surface area contributed by atoms with Gasteiger partial charge in [0.2, 0.25) is 11.6 Å². The lowest BCUT2D eigenvalue weighted by atomic mass is 9.87. The minimum absolute atomic E-state index is 0.00374. The van der Waals surface area contributed by atoms with Gasteiger partial charge in [-0.25, -0.2) is 0 Å². The van der Waals surface area contributed by atoms with Crippen LogP contribution in [-0.4, -0.2) is 11.6 Å². The van der Waals surface area contributed by atoms with Gasteiger partial charge in [0.05, 0.1) is 0 Å². The molecule has 0 radical (unpaired) electrons. The topological polar surface area (TPSA) is 58.2 Å². The molecule has 2 aromatic rings. The summed E-state index contributed by atoms with van der Waals surface area (Å²) in [6.07, 6.45) is 0. The zero-order chi connectivity index (χ0) is 23.8. The molecule has 0 saturated heterocycles. The quantitative estimate of drug-likeness (QED) is 0.479. The number of anilines is 2. The van der Waals surface area contributed by atoms with E-state index in [-0.39, 0.29) is 32.3 Å². The molecule has 0 spiro atoms. The number of rotatable bonds is 4. The van der Waals surface area contributed by atoms with Crippen molar-refractivity contribution in [3.8, 4) is 0 Å². The van der Waals surface area contributed by atoms with Crippen molar-refractivity contribution in [1.29, 1.82) is 0 Å². The van der Waals surface area contributed by atoms with Crippen molar-refractivity contribution in [2.45, 2.75) is 52.4 Å². The van der Waals surface area contributed by atoms with Gasteiger partial charge in [0, 0.05) is 11.4 Å². The molecule has 0 fully saturated rings. The van der Waals surface area contributed by atoms with E-state index < -0.39 is 11.6 Å². The molecule has 0 atom stereocenters. The van der Waals surface area contributed by atoms with E-state index in [0.29, 0.717) is 11.4 Å². The summed E-state index contributed by atoms with van der Waals surface area (Å²) in [5.41, 5.74) is 3.54. The first-order chi connectivity index (χ1) is 14.8. The van der Waals surface area contributed by atoms with Crippen molar-refractivity contribution in [1.82, 2.24) is 0 Å². The number of carbonyl (C=O) groups is 2. The van der Waals surface area contributed by atoms with E-state index in [1.807, 2.05) is 48.5 Å². The van der Waals surface area contributed by atoms with E-state index in [0.717, 1.165) is 11.1 Å². The maximum absolute atomic E-state index is 12.9. The molecule has 0 unspecified atom stereocenters. The van der Waals surface area contributed by atoms with Gasteiger partial charge in [-0.2, -0.15) is 0 Å². The Labute approximate surface area is 199 Å². The van der Waals surface area contributed by atoms with Gasteiger partial charge in [0.15, 0.2) is 0 Å². The summed E-state index contributed by atoms with van der Waals surface area (Å²) in [7, 11) is 0. The zero-order valence-corrected chi connectivity index (χ0v) is 20.7. The largest absolute Gasteiger partial charge is 0.351 e. The molecule has 0 heterocycles. The third-order valence-corrected chi connectivity index (χ3v) is 6.05. The second-order valence-electron chi connectivity index (χ2n) is 9.94. The van der Waals surface area contributed by atoms with Crippen molar-refractivity contribution in [2.75, 3.05) is 10.6 Å². The molecule has 1 aliphatic rings. The molecule has 2 aromatic carbocycles. The number of hydrogen-bond acceptors (Lipinski definition) is 4. The van der Waals surface area contributed by atoms with Crippen molar-refractivity contribution in [3.63, 3.8) is 0 Å². The van der Waals surface area contributed by atoms with Crippen LogP contribution in [0.1, 0.15) is 52.7 Å². The Morgan fingerprint density at radius 2 is 0.844 bits per heavy atom. The van der Waals surface area contributed by atoms with Crippen molar-refractivity contribution in [3.05, 3.63) is 81.1 Å². The molecule has 32 heavy (non-hydrogen) atoms. The van der Waals surface area contributed by atoms with Crippen LogP contribution in [0.5, 0.6) is 0 Å². The number of ketones is 2. The predicted molar refractivity (Wildman–Crippen MR) is 133 cm³/mol. The van der Waals surface area contributed by atoms with E-state index in [1.165, 1.54) is 0 Å². The molecule has 0 aliphatic heterocycles. The second-order valence-corrected chi connectivity index (χ2v) is 10.7. The van der Waals surface area contributed by atoms with Crippen LogP contribution >= 0.6 is 23.2 Å². The predicted octanol–water partition coefficient (Wildman–Crippen LogP) is 6.86. The molecule has 0 bridgehead atoms. The summed E-state index contributed by atoms with van der Waals surface area (Å²) in [4.78, 5) is 25.8. The molecular weight excluding hydrogens is 443 g/mol. The lowest BCUT2D eigenvalue weighted by Gasteiger charge is -2.22. The highest BCUT2D eigenvalue weighted by Gasteiger charge is 2.34. The third-order valence-electron chi connectivity index (χ3n) is 5.33. The fraction of sp³-hybridized carbons (Fsp3) is 0.308. The van der Waals surface area contributed by atoms with Crippen LogP contribution in [0.25, 0.3) is 0 Å². The number of nitrogens with one attached hydrogen (secondary N) is 2. The lowest BCUT2D eigenvalue weighted by molar-refractivity contribution is -0.115. The molecular formula is C26H28Cl2N2O2. The smallest absolute Gasteiger partial charge is 0.224 e. The normalized spacial score (nSPS) is 15.4. The molecule has 4 nitrogen and oxygen atoms in total. The van der Waals surface area contributed by atoms with E-state index in [4.69, 9.17) is 23.2 Å². The summed E-state index contributed by atoms with van der Waals surface area (Å²) in [5.74, 6) is -1.07. The molecule has 168 valence electrons. The Kier molecular flexibility index (Phi) is 6.60. The first-order valence-electron chi connectivity index (χ1n) is 10.4. The maximum Gasteiger partial charge on any atom is 0.224 e. The standard InChI is InChI=1S/C26H28Cl2N2O2/c1-25(2,3)15-7-11-17(12-8-15)29-21-19(27)24(32)22(20(28)23(21)31)30-18-13-9-16(10-14-18)26(4,5)6/h7-14,29-30H,1-6H3. The minimum Gasteiger partial charge on any atom is -0.351 e. The molecule has 1 aliphatic carbocycles. The fourth-order valence-corrected chi connectivity index (χ4v) is 3.72. The average molecular weight is 471 g/mol. The average Bonchev–Trinajstić information content (AvgIpc) is 2.72. The van der Waals surface area contributed by atoms with Crippen molar-refractivity contribution < 1.29 is 9.59 Å². The Bertz CT molecular complexity index is 1020. The number of Topliss-reactive ketones (excluding diaryl/α,β-unsaturated/α-hetero) is 2. The Hall–Kier alpha value is -2.56. The second kappa shape index (κ2) is 8.76. The van der Waals surface area contributed by atoms with E-state index in [9.17, 15) is 9.59 Å². The highest BCUT2D eigenvalue weighted by Crippen LogP contribution is 2.32. The Balaban J connectivity index is 1.82. The third kappa shape index (κ3) is 5.08. The number of hydrogen-bond donors (Lipinski definition) is 2. The monoisotopic (exact) mass is 470 g/mol. The van der Waals surface area contributed by atoms with Gasteiger partial charge in [0.25, 0.3) is 0 Å². The highest BCUT2D eigenvalue weighted by molar-refractivity contribution is 6.56. The molecule has 2 N–H and O–H groups in total. The number of benzene rings is 2. The number of carbonyl (C=O) groups excluding carboxylic acids is 2. The van der Waals surface area contributed by atoms with Crippen LogP contribution in [0.3, 0.4) is 0 Å². The van der Waals surface area contributed by atoms with Gasteiger partial charge in [0.1, 0.15) is 21.5 Å². The number of allylic oxidation sites excluding steroid dienone is 2. The molecule has 0 saturated carbocycles. The van der Waals surface area contributed by atoms with Gasteiger partial charge in [-0.1, -0.05) is 89.0 Å². The summed E-state index contributed by atoms with van der Waals surface area (Å²) in [5, 5.41) is 5.52. The van der Waals surface area contributed by atoms with Crippen LogP contribution < -0.4 is 10.6 Å². The van der Waals surface area contributed by atoms with Crippen LogP contribution in [0.15, 0.2) is 70.0 Å². The SMILES string of the molecule is CC(C)(C)c1ccc(NC2=C(Cl)C(=O)C(Nc3ccc(C(C)(C)C)cc3)=C(Cl)C2=O)cc1. The van der Waals surface area contributed by atoms with Crippen LogP contribution in [0, 0.1) is 0 Å². The van der Waals surface area contributed by atoms with E-state index in [1.54, 1.807) is 0 Å². The highest BCUT2D eigenvalue weighted by atomic mass is 35.5. The summed E-state index contributed by atoms with van der Waals surface area (Å²) < 4.78 is 0. The zero-order valence-electron chi connectivity index (χ0n) is 19.2. The number of halogens is 2.